The van der Waals surface area contributed by atoms with Gasteiger partial charge in [0, 0.05) is 28.8 Å². The predicted molar refractivity (Wildman–Crippen MR) is 103 cm³/mol. The van der Waals surface area contributed by atoms with E-state index in [2.05, 4.69) is 4.98 Å². The Morgan fingerprint density at radius 1 is 1.33 bits per heavy atom. The number of aryl methyl sites for hydroxylation is 1. The van der Waals surface area contributed by atoms with Crippen LogP contribution in [0.4, 0.5) is 10.2 Å². The summed E-state index contributed by atoms with van der Waals surface area (Å²) in [5.74, 6) is -1.48. The van der Waals surface area contributed by atoms with E-state index in [1.165, 1.54) is 22.9 Å². The molecule has 2 aromatic heterocycles. The number of carboxylic acids is 1. The summed E-state index contributed by atoms with van der Waals surface area (Å²) in [5.41, 5.74) is 6.73. The number of nitrogens with zero attached hydrogens (tertiary/aromatic N) is 2. The Hall–Kier alpha value is -2.93. The lowest BCUT2D eigenvalue weighted by Gasteiger charge is -2.17. The predicted octanol–water partition coefficient (Wildman–Crippen LogP) is 3.55. The highest BCUT2D eigenvalue weighted by Gasteiger charge is 2.30. The number of nitrogen functional groups attached to an aromatic ring is 1. The average molecular weight is 390 g/mol. The number of anilines is 1. The molecule has 2 heterocycles. The third-order valence-corrected chi connectivity index (χ3v) is 4.73. The highest BCUT2D eigenvalue weighted by molar-refractivity contribution is 5.96. The first-order chi connectivity index (χ1) is 12.4. The summed E-state index contributed by atoms with van der Waals surface area (Å²) >= 11 is 0. The van der Waals surface area contributed by atoms with Crippen LogP contribution in [0.2, 0.25) is 0 Å². The summed E-state index contributed by atoms with van der Waals surface area (Å²) < 4.78 is 16.4. The van der Waals surface area contributed by atoms with Crippen molar-refractivity contribution in [1.82, 2.24) is 9.55 Å². The fraction of sp³-hybridized carbons (Fsp3) is 0.211. The number of halogens is 2. The third kappa shape index (κ3) is 3.04. The molecule has 4 rings (SSSR count). The van der Waals surface area contributed by atoms with Gasteiger partial charge in [0.15, 0.2) is 0 Å². The van der Waals surface area contributed by atoms with Crippen LogP contribution in [0.25, 0.3) is 22.0 Å². The normalized spacial score (nSPS) is 13.4. The van der Waals surface area contributed by atoms with Crippen LogP contribution in [0.5, 0.6) is 0 Å². The van der Waals surface area contributed by atoms with Crippen molar-refractivity contribution in [1.29, 1.82) is 0 Å². The number of rotatable bonds is 3. The molecule has 140 valence electrons. The maximum atomic E-state index is 14.9. The topological polar surface area (TPSA) is 98.2 Å². The zero-order chi connectivity index (χ0) is 18.6. The van der Waals surface area contributed by atoms with Gasteiger partial charge in [-0.2, -0.15) is 0 Å². The largest absolute Gasteiger partial charge is 0.477 e. The maximum absolute atomic E-state index is 14.9. The summed E-state index contributed by atoms with van der Waals surface area (Å²) in [4.78, 5) is 28.1. The number of aromatic nitrogens is 2. The summed E-state index contributed by atoms with van der Waals surface area (Å²) in [5, 5.41) is 9.72. The summed E-state index contributed by atoms with van der Waals surface area (Å²) in [6.45, 7) is 1.73. The van der Waals surface area contributed by atoms with Crippen LogP contribution >= 0.6 is 12.4 Å². The Labute approximate surface area is 159 Å². The van der Waals surface area contributed by atoms with Crippen molar-refractivity contribution in [3.63, 3.8) is 0 Å². The van der Waals surface area contributed by atoms with Crippen LogP contribution in [-0.4, -0.2) is 20.6 Å². The van der Waals surface area contributed by atoms with E-state index in [9.17, 15) is 19.1 Å². The first-order valence-corrected chi connectivity index (χ1v) is 8.22. The molecule has 0 amide bonds. The second-order valence-electron chi connectivity index (χ2n) is 6.54. The smallest absolute Gasteiger partial charge is 0.341 e. The molecule has 1 saturated carbocycles. The number of hydrogen-bond donors (Lipinski definition) is 2. The van der Waals surface area contributed by atoms with Crippen LogP contribution in [0.3, 0.4) is 0 Å². The maximum Gasteiger partial charge on any atom is 0.341 e. The van der Waals surface area contributed by atoms with E-state index < -0.39 is 17.3 Å². The number of nitrogens with two attached hydrogens (primary N) is 1. The zero-order valence-electron chi connectivity index (χ0n) is 14.4. The molecule has 6 nitrogen and oxygen atoms in total. The van der Waals surface area contributed by atoms with Gasteiger partial charge in [-0.3, -0.25) is 4.79 Å². The van der Waals surface area contributed by atoms with Crippen molar-refractivity contribution >= 4 is 35.1 Å². The minimum Gasteiger partial charge on any atom is -0.477 e. The van der Waals surface area contributed by atoms with Crippen LogP contribution in [0, 0.1) is 12.7 Å². The molecule has 3 aromatic rings. The fourth-order valence-corrected chi connectivity index (χ4v) is 3.41. The standard InChI is InChI=1S/C19H16FN3O3.ClH/c1-9-16(10-2-5-15(21)22-8-10)14(20)7-11-6-13(19(25)26)18(24)23(17(9)11)12-3-4-12;/h2,5-8,12H,3-4H2,1H3,(H2,21,22)(H,25,26);1H. The Morgan fingerprint density at radius 3 is 2.59 bits per heavy atom. The summed E-state index contributed by atoms with van der Waals surface area (Å²) in [6.07, 6.45) is 3.08. The molecule has 8 heteroatoms. The Bertz CT molecular complexity index is 1120. The van der Waals surface area contributed by atoms with Crippen molar-refractivity contribution in [2.45, 2.75) is 25.8 Å². The molecular formula is C19H17ClFN3O3. The van der Waals surface area contributed by atoms with E-state index in [1.807, 2.05) is 0 Å². The molecule has 0 atom stereocenters. The van der Waals surface area contributed by atoms with Crippen LogP contribution in [0.15, 0.2) is 35.3 Å². The monoisotopic (exact) mass is 389 g/mol. The van der Waals surface area contributed by atoms with Gasteiger partial charge in [0.1, 0.15) is 17.2 Å². The molecule has 1 fully saturated rings. The number of pyridine rings is 2. The Morgan fingerprint density at radius 2 is 2.04 bits per heavy atom. The highest BCUT2D eigenvalue weighted by atomic mass is 35.5. The van der Waals surface area contributed by atoms with E-state index in [-0.39, 0.29) is 24.0 Å². The van der Waals surface area contributed by atoms with Crippen molar-refractivity contribution in [3.8, 4) is 11.1 Å². The number of carboxylic acid groups (broad SMARTS) is 1. The van der Waals surface area contributed by atoms with Gasteiger partial charge in [-0.25, -0.2) is 14.2 Å². The van der Waals surface area contributed by atoms with Gasteiger partial charge in [0.25, 0.3) is 5.56 Å². The first-order valence-electron chi connectivity index (χ1n) is 8.22. The number of fused-ring (bicyclic) bond motifs is 1. The van der Waals surface area contributed by atoms with Gasteiger partial charge < -0.3 is 15.4 Å². The van der Waals surface area contributed by atoms with Gasteiger partial charge in [-0.15, -0.1) is 12.4 Å². The molecule has 0 unspecified atom stereocenters. The van der Waals surface area contributed by atoms with Crippen molar-refractivity contribution in [3.05, 3.63) is 57.8 Å². The molecule has 1 aromatic carbocycles. The van der Waals surface area contributed by atoms with Gasteiger partial charge >= 0.3 is 5.97 Å². The number of carbonyl (C=O) groups is 1. The lowest BCUT2D eigenvalue weighted by atomic mass is 9.97. The van der Waals surface area contributed by atoms with Gasteiger partial charge in [0.05, 0.1) is 5.52 Å². The molecule has 0 aliphatic heterocycles. The number of aromatic carboxylic acids is 1. The molecule has 3 N–H and O–H groups in total. The third-order valence-electron chi connectivity index (χ3n) is 4.73. The zero-order valence-corrected chi connectivity index (χ0v) is 15.2. The van der Waals surface area contributed by atoms with E-state index in [0.29, 0.717) is 33.4 Å². The van der Waals surface area contributed by atoms with E-state index >= 15 is 0 Å². The van der Waals surface area contributed by atoms with Crippen molar-refractivity contribution in [2.24, 2.45) is 0 Å². The van der Waals surface area contributed by atoms with Crippen molar-refractivity contribution < 1.29 is 14.3 Å². The van der Waals surface area contributed by atoms with E-state index in [0.717, 1.165) is 12.8 Å². The minimum atomic E-state index is -1.31. The molecule has 0 radical (unpaired) electrons. The summed E-state index contributed by atoms with van der Waals surface area (Å²) in [6, 6.07) is 5.73. The van der Waals surface area contributed by atoms with Crippen molar-refractivity contribution in [2.75, 3.05) is 5.73 Å². The first kappa shape index (κ1) is 18.8. The van der Waals surface area contributed by atoms with Gasteiger partial charge in [-0.05, 0) is 49.6 Å². The fourth-order valence-electron chi connectivity index (χ4n) is 3.41. The molecular weight excluding hydrogens is 373 g/mol. The average Bonchev–Trinajstić information content (AvgIpc) is 3.41. The number of benzene rings is 1. The molecule has 27 heavy (non-hydrogen) atoms. The molecule has 0 spiro atoms. The molecule has 1 aliphatic carbocycles. The number of hydrogen-bond acceptors (Lipinski definition) is 4. The Kier molecular flexibility index (Phi) is 4.65. The second kappa shape index (κ2) is 6.66. The van der Waals surface area contributed by atoms with E-state index in [1.54, 1.807) is 19.1 Å². The van der Waals surface area contributed by atoms with Crippen LogP contribution in [0.1, 0.15) is 34.8 Å². The van der Waals surface area contributed by atoms with Gasteiger partial charge in [-0.1, -0.05) is 0 Å². The second-order valence-corrected chi connectivity index (χ2v) is 6.54. The summed E-state index contributed by atoms with van der Waals surface area (Å²) in [7, 11) is 0. The minimum absolute atomic E-state index is 0. The SMILES string of the molecule is Cc1c(-c2ccc(N)nc2)c(F)cc2cc(C(=O)O)c(=O)n(C3CC3)c12.Cl. The quantitative estimate of drug-likeness (QED) is 0.713. The van der Waals surface area contributed by atoms with Crippen LogP contribution in [-0.2, 0) is 0 Å². The lowest BCUT2D eigenvalue weighted by Crippen LogP contribution is -2.26. The molecule has 1 aliphatic rings. The Balaban J connectivity index is 0.00000210. The molecule has 0 bridgehead atoms. The highest BCUT2D eigenvalue weighted by Crippen LogP contribution is 2.39. The van der Waals surface area contributed by atoms with Crippen LogP contribution < -0.4 is 11.3 Å². The van der Waals surface area contributed by atoms with Gasteiger partial charge in [0.2, 0.25) is 0 Å². The van der Waals surface area contributed by atoms with E-state index in [4.69, 9.17) is 5.73 Å². The lowest BCUT2D eigenvalue weighted by molar-refractivity contribution is 0.0694. The molecule has 0 saturated heterocycles.